The van der Waals surface area contributed by atoms with E-state index in [9.17, 15) is 24.0 Å². The van der Waals surface area contributed by atoms with Crippen molar-refractivity contribution >= 4 is 35.2 Å². The van der Waals surface area contributed by atoms with Gasteiger partial charge in [-0.25, -0.2) is 0 Å². The van der Waals surface area contributed by atoms with Crippen molar-refractivity contribution in [2.75, 3.05) is 25.1 Å². The van der Waals surface area contributed by atoms with Gasteiger partial charge in [-0.2, -0.15) is 0 Å². The number of nitrogens with one attached hydrogen (secondary N) is 3. The summed E-state index contributed by atoms with van der Waals surface area (Å²) >= 11 is 0. The van der Waals surface area contributed by atoms with Crippen LogP contribution in [0.1, 0.15) is 73.3 Å². The van der Waals surface area contributed by atoms with Crippen LogP contribution < -0.4 is 16.0 Å². The van der Waals surface area contributed by atoms with Crippen molar-refractivity contribution in [1.82, 2.24) is 15.5 Å². The third-order valence-corrected chi connectivity index (χ3v) is 7.28. The molecule has 0 bridgehead atoms. The Morgan fingerprint density at radius 1 is 0.841 bits per heavy atom. The fourth-order valence-electron chi connectivity index (χ4n) is 4.26. The average Bonchev–Trinajstić information content (AvgIpc) is 3.26. The molecule has 2 atom stereocenters. The number of anilines is 1. The number of hydrogen-bond acceptors (Lipinski definition) is 8. The third kappa shape index (κ3) is 12.2. The lowest BCUT2D eigenvalue weighted by molar-refractivity contribution is -0.138. The molecule has 0 radical (unpaired) electrons. The first-order valence-electron chi connectivity index (χ1n) is 15.0. The molecule has 0 aliphatic carbocycles. The lowest BCUT2D eigenvalue weighted by Crippen LogP contribution is -2.53. The average molecular weight is 617 g/mol. The highest BCUT2D eigenvalue weighted by molar-refractivity contribution is 6.12. The van der Waals surface area contributed by atoms with Gasteiger partial charge in [-0.1, -0.05) is 26.0 Å². The van der Waals surface area contributed by atoms with Gasteiger partial charge in [-0.3, -0.25) is 28.9 Å². The first-order valence-corrected chi connectivity index (χ1v) is 15.0. The predicted octanol–water partition coefficient (Wildman–Crippen LogP) is 2.45. The van der Waals surface area contributed by atoms with Gasteiger partial charge in [0.25, 0.3) is 11.8 Å². The number of benzene rings is 1. The molecule has 1 aromatic rings. The van der Waals surface area contributed by atoms with Crippen LogP contribution in [0.15, 0.2) is 36.4 Å². The van der Waals surface area contributed by atoms with Gasteiger partial charge in [-0.05, 0) is 71.1 Å². The zero-order chi connectivity index (χ0) is 33.1. The zero-order valence-electron chi connectivity index (χ0n) is 26.9. The highest BCUT2D eigenvalue weighted by Gasteiger charge is 2.29. The minimum atomic E-state index is -0.850. The van der Waals surface area contributed by atoms with Crippen molar-refractivity contribution in [2.24, 2.45) is 5.92 Å². The first kappa shape index (κ1) is 36.6. The van der Waals surface area contributed by atoms with E-state index in [1.165, 1.54) is 17.1 Å². The molecule has 244 valence electrons. The quantitative estimate of drug-likeness (QED) is 0.183. The lowest BCUT2D eigenvalue weighted by atomic mass is 10.0. The Morgan fingerprint density at radius 3 is 1.98 bits per heavy atom. The molecule has 0 saturated heterocycles. The molecular weight excluding hydrogens is 568 g/mol. The second-order valence-electron chi connectivity index (χ2n) is 12.5. The molecule has 1 aromatic carbocycles. The topological polar surface area (TPSA) is 163 Å². The van der Waals surface area contributed by atoms with E-state index in [1.54, 1.807) is 45.0 Å². The largest absolute Gasteiger partial charge is 0.392 e. The molecule has 12 heteroatoms. The van der Waals surface area contributed by atoms with Gasteiger partial charge in [0.1, 0.15) is 12.1 Å². The Hall–Kier alpha value is -3.61. The molecule has 5 amide bonds. The first-order chi connectivity index (χ1) is 20.5. The van der Waals surface area contributed by atoms with Gasteiger partial charge in [0.15, 0.2) is 0 Å². The van der Waals surface area contributed by atoms with E-state index >= 15 is 0 Å². The minimum absolute atomic E-state index is 0.0398. The molecule has 0 spiro atoms. The van der Waals surface area contributed by atoms with E-state index < -0.39 is 35.1 Å². The van der Waals surface area contributed by atoms with Crippen LogP contribution in [0.5, 0.6) is 0 Å². The standard InChI is InChI=1S/C32H48N4O8/c1-21(2)28(30(42)33-22(3)29(41)34-24-10-8-23(20-37)9-11-24)35-25(38)14-18-43-32(6,7)16-19-44-31(4,5)15-17-36-26(39)12-13-27(36)40/h8-13,21-22,28,37H,14-20H2,1-7H3,(H,33,42)(H,34,41)(H,35,38)/t22-,28?/m0/s1. The van der Waals surface area contributed by atoms with Crippen LogP contribution in [0.4, 0.5) is 5.69 Å². The summed E-state index contributed by atoms with van der Waals surface area (Å²) in [5.41, 5.74) is 0.0999. The highest BCUT2D eigenvalue weighted by atomic mass is 16.5. The number of carbonyl (C=O) groups excluding carboxylic acids is 5. The molecule has 1 aliphatic rings. The van der Waals surface area contributed by atoms with E-state index in [0.29, 0.717) is 30.7 Å². The Morgan fingerprint density at radius 2 is 1.41 bits per heavy atom. The SMILES string of the molecule is CC(C)C(NC(=O)CCOC(C)(C)CCOC(C)(C)CCN1C(=O)C=CC1=O)C(=O)N[C@@H](C)C(=O)Nc1ccc(CO)cc1. The van der Waals surface area contributed by atoms with Crippen molar-refractivity contribution in [1.29, 1.82) is 0 Å². The normalized spacial score (nSPS) is 15.0. The monoisotopic (exact) mass is 616 g/mol. The predicted molar refractivity (Wildman–Crippen MR) is 165 cm³/mol. The van der Waals surface area contributed by atoms with E-state index in [1.807, 2.05) is 27.7 Å². The van der Waals surface area contributed by atoms with Crippen LogP contribution in [0.25, 0.3) is 0 Å². The van der Waals surface area contributed by atoms with Gasteiger partial charge in [0, 0.05) is 24.4 Å². The fourth-order valence-corrected chi connectivity index (χ4v) is 4.26. The number of ether oxygens (including phenoxy) is 2. The number of imide groups is 1. The number of aliphatic hydroxyl groups excluding tert-OH is 1. The molecule has 0 saturated carbocycles. The second kappa shape index (κ2) is 16.5. The number of aliphatic hydroxyl groups is 1. The fraction of sp³-hybridized carbons (Fsp3) is 0.594. The summed E-state index contributed by atoms with van der Waals surface area (Å²) in [6.45, 7) is 13.4. The Bertz CT molecular complexity index is 1180. The summed E-state index contributed by atoms with van der Waals surface area (Å²) in [5.74, 6) is -2.10. The minimum Gasteiger partial charge on any atom is -0.392 e. The maximum atomic E-state index is 12.9. The maximum absolute atomic E-state index is 12.9. The highest BCUT2D eigenvalue weighted by Crippen LogP contribution is 2.21. The molecule has 1 heterocycles. The summed E-state index contributed by atoms with van der Waals surface area (Å²) < 4.78 is 11.9. The molecule has 1 aliphatic heterocycles. The molecule has 12 nitrogen and oxygen atoms in total. The number of hydrogen-bond donors (Lipinski definition) is 4. The van der Waals surface area contributed by atoms with Crippen LogP contribution in [-0.2, 0) is 40.1 Å². The third-order valence-electron chi connectivity index (χ3n) is 7.28. The summed E-state index contributed by atoms with van der Waals surface area (Å²) in [6, 6.07) is 5.01. The van der Waals surface area contributed by atoms with E-state index in [4.69, 9.17) is 14.6 Å². The molecule has 4 N–H and O–H groups in total. The summed E-state index contributed by atoms with van der Waals surface area (Å²) in [7, 11) is 0. The number of rotatable bonds is 18. The van der Waals surface area contributed by atoms with E-state index in [2.05, 4.69) is 16.0 Å². The van der Waals surface area contributed by atoms with Crippen LogP contribution in [-0.4, -0.2) is 82.6 Å². The van der Waals surface area contributed by atoms with E-state index in [0.717, 1.165) is 0 Å². The van der Waals surface area contributed by atoms with Crippen molar-refractivity contribution < 1.29 is 38.6 Å². The van der Waals surface area contributed by atoms with Crippen LogP contribution in [0.3, 0.4) is 0 Å². The van der Waals surface area contributed by atoms with Crippen molar-refractivity contribution in [3.8, 4) is 0 Å². The van der Waals surface area contributed by atoms with Gasteiger partial charge in [0.05, 0.1) is 37.4 Å². The van der Waals surface area contributed by atoms with Crippen molar-refractivity contribution in [3.63, 3.8) is 0 Å². The smallest absolute Gasteiger partial charge is 0.253 e. The van der Waals surface area contributed by atoms with Crippen molar-refractivity contribution in [3.05, 3.63) is 42.0 Å². The summed E-state index contributed by atoms with van der Waals surface area (Å²) in [4.78, 5) is 62.9. The van der Waals surface area contributed by atoms with Gasteiger partial charge < -0.3 is 30.5 Å². The van der Waals surface area contributed by atoms with Crippen LogP contribution in [0.2, 0.25) is 0 Å². The van der Waals surface area contributed by atoms with Crippen LogP contribution >= 0.6 is 0 Å². The Kier molecular flexibility index (Phi) is 13.7. The van der Waals surface area contributed by atoms with Gasteiger partial charge >= 0.3 is 0 Å². The summed E-state index contributed by atoms with van der Waals surface area (Å²) in [5, 5.41) is 17.3. The summed E-state index contributed by atoms with van der Waals surface area (Å²) in [6.07, 6.45) is 3.60. The van der Waals surface area contributed by atoms with Gasteiger partial charge in [0.2, 0.25) is 17.7 Å². The zero-order valence-corrected chi connectivity index (χ0v) is 26.9. The molecule has 0 fully saturated rings. The molecule has 1 unspecified atom stereocenters. The second-order valence-corrected chi connectivity index (χ2v) is 12.5. The van der Waals surface area contributed by atoms with Crippen LogP contribution in [0, 0.1) is 5.92 Å². The Balaban J connectivity index is 1.74. The van der Waals surface area contributed by atoms with E-state index in [-0.39, 0.29) is 49.8 Å². The molecule has 44 heavy (non-hydrogen) atoms. The maximum Gasteiger partial charge on any atom is 0.253 e. The number of nitrogens with zero attached hydrogens (tertiary/aromatic N) is 1. The molecular formula is C32H48N4O8. The Labute approximate surface area is 259 Å². The molecule has 0 aromatic heterocycles. The lowest BCUT2D eigenvalue weighted by Gasteiger charge is -2.30. The van der Waals surface area contributed by atoms with Crippen molar-refractivity contribution in [2.45, 2.75) is 97.6 Å². The number of carbonyl (C=O) groups is 5. The van der Waals surface area contributed by atoms with Gasteiger partial charge in [-0.15, -0.1) is 0 Å². The molecule has 2 rings (SSSR count). The number of amides is 5.